The van der Waals surface area contributed by atoms with Crippen LogP contribution in [0, 0.1) is 0 Å². The topological polar surface area (TPSA) is 20.3 Å². The highest BCUT2D eigenvalue weighted by Gasteiger charge is 2.19. The van der Waals surface area contributed by atoms with Gasteiger partial charge in [0.2, 0.25) is 0 Å². The Bertz CT molecular complexity index is 628. The Kier molecular flexibility index (Phi) is 2.58. The van der Waals surface area contributed by atoms with Gasteiger partial charge in [-0.05, 0) is 41.3 Å². The molecular formula is C16H17NO. The van der Waals surface area contributed by atoms with Gasteiger partial charge in [-0.3, -0.25) is 4.79 Å². The number of hydrogen-bond donors (Lipinski definition) is 0. The normalized spacial score (nSPS) is 14.7. The number of rotatable bonds is 1. The van der Waals surface area contributed by atoms with Crippen LogP contribution in [0.4, 0.5) is 5.69 Å². The zero-order valence-electron chi connectivity index (χ0n) is 10.9. The standard InChI is InChI=1S/C16H17NO/c1-17(2)13-8-9-14-12(10-13)7-6-11-4-3-5-15(18)16(11)14/h6-10H,3-5H2,1-2H3. The summed E-state index contributed by atoms with van der Waals surface area (Å²) in [5.74, 6) is 0.305. The van der Waals surface area contributed by atoms with E-state index in [4.69, 9.17) is 0 Å². The molecule has 0 spiro atoms. The lowest BCUT2D eigenvalue weighted by molar-refractivity contribution is 0.0974. The summed E-state index contributed by atoms with van der Waals surface area (Å²) in [6.45, 7) is 0. The van der Waals surface area contributed by atoms with Crippen molar-refractivity contribution < 1.29 is 4.79 Å². The SMILES string of the molecule is CN(C)c1ccc2c3c(ccc2c1)CCCC3=O. The van der Waals surface area contributed by atoms with Crippen molar-refractivity contribution in [2.45, 2.75) is 19.3 Å². The summed E-state index contributed by atoms with van der Waals surface area (Å²) in [5, 5.41) is 2.28. The summed E-state index contributed by atoms with van der Waals surface area (Å²) in [6, 6.07) is 10.6. The van der Waals surface area contributed by atoms with E-state index in [1.54, 1.807) is 0 Å². The third kappa shape index (κ3) is 1.69. The van der Waals surface area contributed by atoms with Gasteiger partial charge in [0.1, 0.15) is 0 Å². The molecule has 0 fully saturated rings. The Labute approximate surface area is 107 Å². The van der Waals surface area contributed by atoms with Crippen molar-refractivity contribution in [2.75, 3.05) is 19.0 Å². The smallest absolute Gasteiger partial charge is 0.163 e. The van der Waals surface area contributed by atoms with Gasteiger partial charge in [-0.25, -0.2) is 0 Å². The molecule has 0 saturated heterocycles. The number of Topliss-reactive ketones (excluding diaryl/α,β-unsaturated/α-hetero) is 1. The molecule has 0 N–H and O–H groups in total. The van der Waals surface area contributed by atoms with E-state index in [1.807, 2.05) is 14.1 Å². The first-order valence-corrected chi connectivity index (χ1v) is 6.43. The fraction of sp³-hybridized carbons (Fsp3) is 0.312. The number of carbonyl (C=O) groups is 1. The number of hydrogen-bond acceptors (Lipinski definition) is 2. The molecule has 2 aromatic carbocycles. The second kappa shape index (κ2) is 4.13. The molecule has 0 aromatic heterocycles. The Morgan fingerprint density at radius 1 is 1.06 bits per heavy atom. The highest BCUT2D eigenvalue weighted by Crippen LogP contribution is 2.30. The molecule has 2 nitrogen and oxygen atoms in total. The van der Waals surface area contributed by atoms with Gasteiger partial charge in [-0.1, -0.05) is 18.2 Å². The van der Waals surface area contributed by atoms with Crippen LogP contribution in [-0.4, -0.2) is 19.9 Å². The number of aryl methyl sites for hydroxylation is 1. The number of carbonyl (C=O) groups excluding carboxylic acids is 1. The third-order valence-electron chi connectivity index (χ3n) is 3.73. The predicted octanol–water partition coefficient (Wildman–Crippen LogP) is 3.42. The van der Waals surface area contributed by atoms with Crippen LogP contribution in [0.25, 0.3) is 10.8 Å². The van der Waals surface area contributed by atoms with Gasteiger partial charge in [0.25, 0.3) is 0 Å². The van der Waals surface area contributed by atoms with Crippen LogP contribution < -0.4 is 4.90 Å². The molecule has 0 radical (unpaired) electrons. The average Bonchev–Trinajstić information content (AvgIpc) is 2.37. The minimum atomic E-state index is 0.305. The zero-order valence-corrected chi connectivity index (χ0v) is 10.9. The van der Waals surface area contributed by atoms with Crippen molar-refractivity contribution in [1.82, 2.24) is 0 Å². The third-order valence-corrected chi connectivity index (χ3v) is 3.73. The number of fused-ring (bicyclic) bond motifs is 3. The molecule has 2 aromatic rings. The molecule has 0 amide bonds. The van der Waals surface area contributed by atoms with E-state index >= 15 is 0 Å². The Balaban J connectivity index is 2.26. The van der Waals surface area contributed by atoms with Crippen molar-refractivity contribution in [1.29, 1.82) is 0 Å². The Morgan fingerprint density at radius 3 is 2.67 bits per heavy atom. The number of anilines is 1. The van der Waals surface area contributed by atoms with Crippen LogP contribution in [0.1, 0.15) is 28.8 Å². The molecule has 0 atom stereocenters. The number of ketones is 1. The molecule has 0 bridgehead atoms. The predicted molar refractivity (Wildman–Crippen MR) is 75.5 cm³/mol. The van der Waals surface area contributed by atoms with Crippen LogP contribution in [0.5, 0.6) is 0 Å². The maximum absolute atomic E-state index is 12.1. The van der Waals surface area contributed by atoms with E-state index < -0.39 is 0 Å². The minimum absolute atomic E-state index is 0.305. The van der Waals surface area contributed by atoms with Crippen LogP contribution in [0.2, 0.25) is 0 Å². The fourth-order valence-corrected chi connectivity index (χ4v) is 2.74. The van der Waals surface area contributed by atoms with Crippen molar-refractivity contribution >= 4 is 22.2 Å². The van der Waals surface area contributed by atoms with E-state index in [0.717, 1.165) is 29.2 Å². The molecule has 0 unspecified atom stereocenters. The van der Waals surface area contributed by atoms with Crippen LogP contribution >= 0.6 is 0 Å². The second-order valence-corrected chi connectivity index (χ2v) is 5.18. The Hall–Kier alpha value is -1.83. The van der Waals surface area contributed by atoms with E-state index in [-0.39, 0.29) is 0 Å². The van der Waals surface area contributed by atoms with E-state index in [1.165, 1.54) is 11.3 Å². The first-order valence-electron chi connectivity index (χ1n) is 6.43. The van der Waals surface area contributed by atoms with Gasteiger partial charge >= 0.3 is 0 Å². The zero-order chi connectivity index (χ0) is 12.7. The van der Waals surface area contributed by atoms with Gasteiger partial charge in [0.15, 0.2) is 5.78 Å². The van der Waals surface area contributed by atoms with Gasteiger partial charge in [0, 0.05) is 31.8 Å². The van der Waals surface area contributed by atoms with Crippen LogP contribution in [-0.2, 0) is 6.42 Å². The lowest BCUT2D eigenvalue weighted by atomic mass is 9.87. The lowest BCUT2D eigenvalue weighted by Crippen LogP contribution is -2.12. The second-order valence-electron chi connectivity index (χ2n) is 5.18. The van der Waals surface area contributed by atoms with Gasteiger partial charge in [-0.15, -0.1) is 0 Å². The summed E-state index contributed by atoms with van der Waals surface area (Å²) in [5.41, 5.74) is 3.35. The first kappa shape index (κ1) is 11.3. The summed E-state index contributed by atoms with van der Waals surface area (Å²) < 4.78 is 0. The summed E-state index contributed by atoms with van der Waals surface area (Å²) in [6.07, 6.45) is 2.72. The summed E-state index contributed by atoms with van der Waals surface area (Å²) >= 11 is 0. The minimum Gasteiger partial charge on any atom is -0.378 e. The molecule has 92 valence electrons. The summed E-state index contributed by atoms with van der Waals surface area (Å²) in [4.78, 5) is 14.2. The molecule has 3 rings (SSSR count). The number of benzene rings is 2. The quantitative estimate of drug-likeness (QED) is 0.760. The molecule has 18 heavy (non-hydrogen) atoms. The monoisotopic (exact) mass is 239 g/mol. The maximum atomic E-state index is 12.1. The van der Waals surface area contributed by atoms with Gasteiger partial charge < -0.3 is 4.90 Å². The van der Waals surface area contributed by atoms with E-state index in [9.17, 15) is 4.79 Å². The molecule has 1 aliphatic rings. The molecule has 2 heteroatoms. The summed E-state index contributed by atoms with van der Waals surface area (Å²) in [7, 11) is 4.06. The molecular weight excluding hydrogens is 222 g/mol. The first-order chi connectivity index (χ1) is 8.66. The highest BCUT2D eigenvalue weighted by molar-refractivity contribution is 6.10. The van der Waals surface area contributed by atoms with Crippen molar-refractivity contribution in [2.24, 2.45) is 0 Å². The van der Waals surface area contributed by atoms with Crippen molar-refractivity contribution in [3.05, 3.63) is 41.5 Å². The maximum Gasteiger partial charge on any atom is 0.163 e. The highest BCUT2D eigenvalue weighted by atomic mass is 16.1. The molecule has 0 heterocycles. The van der Waals surface area contributed by atoms with Gasteiger partial charge in [0.05, 0.1) is 0 Å². The molecule has 1 aliphatic carbocycles. The molecule has 0 saturated carbocycles. The molecule has 0 aliphatic heterocycles. The van der Waals surface area contributed by atoms with Crippen molar-refractivity contribution in [3.8, 4) is 0 Å². The lowest BCUT2D eigenvalue weighted by Gasteiger charge is -2.18. The van der Waals surface area contributed by atoms with E-state index in [2.05, 4.69) is 35.2 Å². The largest absolute Gasteiger partial charge is 0.378 e. The van der Waals surface area contributed by atoms with E-state index in [0.29, 0.717) is 12.2 Å². The number of nitrogens with zero attached hydrogens (tertiary/aromatic N) is 1. The van der Waals surface area contributed by atoms with Crippen LogP contribution in [0.3, 0.4) is 0 Å². The fourth-order valence-electron chi connectivity index (χ4n) is 2.74. The van der Waals surface area contributed by atoms with Crippen molar-refractivity contribution in [3.63, 3.8) is 0 Å². The van der Waals surface area contributed by atoms with Gasteiger partial charge in [-0.2, -0.15) is 0 Å². The Morgan fingerprint density at radius 2 is 1.89 bits per heavy atom. The average molecular weight is 239 g/mol. The van der Waals surface area contributed by atoms with Crippen LogP contribution in [0.15, 0.2) is 30.3 Å².